The molecule has 0 bridgehead atoms. The minimum absolute atomic E-state index is 0.275. The maximum absolute atomic E-state index is 11.1. The highest BCUT2D eigenvalue weighted by molar-refractivity contribution is 5.66. The van der Waals surface area contributed by atoms with Crippen LogP contribution in [-0.2, 0) is 4.79 Å². The van der Waals surface area contributed by atoms with Crippen LogP contribution in [0.5, 0.6) is 0 Å². The molecule has 4 aliphatic rings. The van der Waals surface area contributed by atoms with Gasteiger partial charge in [-0.2, -0.15) is 0 Å². The fraction of sp³-hybridized carbons (Fsp3) is 0.962. The van der Waals surface area contributed by atoms with Crippen molar-refractivity contribution < 1.29 is 25.2 Å². The van der Waals surface area contributed by atoms with E-state index in [-0.39, 0.29) is 12.3 Å². The number of aliphatic hydroxyl groups excluding tert-OH is 1. The van der Waals surface area contributed by atoms with Gasteiger partial charge in [0, 0.05) is 11.8 Å². The number of carboxylic acid groups (broad SMARTS) is 1. The highest BCUT2D eigenvalue weighted by Gasteiger charge is 2.67. The van der Waals surface area contributed by atoms with Crippen LogP contribution < -0.4 is 0 Å². The van der Waals surface area contributed by atoms with Gasteiger partial charge >= 0.3 is 5.97 Å². The first-order valence-electron chi connectivity index (χ1n) is 12.9. The van der Waals surface area contributed by atoms with Crippen molar-refractivity contribution in [1.82, 2.24) is 0 Å². The maximum atomic E-state index is 11.1. The van der Waals surface area contributed by atoms with Crippen molar-refractivity contribution in [2.75, 3.05) is 0 Å². The van der Waals surface area contributed by atoms with Crippen molar-refractivity contribution in [2.24, 2.45) is 46.3 Å². The van der Waals surface area contributed by atoms with Gasteiger partial charge < -0.3 is 20.4 Å². The van der Waals surface area contributed by atoms with Gasteiger partial charge in [0.2, 0.25) is 0 Å². The number of hydrogen-bond acceptors (Lipinski definition) is 4. The second kappa shape index (κ2) is 8.29. The van der Waals surface area contributed by atoms with Gasteiger partial charge in [-0.1, -0.05) is 33.6 Å². The van der Waals surface area contributed by atoms with Crippen LogP contribution in [0.2, 0.25) is 0 Å². The molecule has 0 heterocycles. The first-order chi connectivity index (χ1) is 14.5. The lowest BCUT2D eigenvalue weighted by atomic mass is 9.43. The summed E-state index contributed by atoms with van der Waals surface area (Å²) in [6.07, 6.45) is 10.4. The Hall–Kier alpha value is -0.650. The van der Waals surface area contributed by atoms with E-state index in [2.05, 4.69) is 20.8 Å². The van der Waals surface area contributed by atoms with Crippen LogP contribution in [0.25, 0.3) is 0 Å². The van der Waals surface area contributed by atoms with E-state index in [4.69, 9.17) is 5.11 Å². The van der Waals surface area contributed by atoms with Crippen LogP contribution in [0.4, 0.5) is 0 Å². The zero-order chi connectivity index (χ0) is 22.6. The molecule has 4 N–H and O–H groups in total. The van der Waals surface area contributed by atoms with Gasteiger partial charge in [-0.25, -0.2) is 0 Å². The lowest BCUT2D eigenvalue weighted by molar-refractivity contribution is -0.349. The summed E-state index contributed by atoms with van der Waals surface area (Å²) >= 11 is 0. The highest BCUT2D eigenvalue weighted by Crippen LogP contribution is 2.69. The average Bonchev–Trinajstić information content (AvgIpc) is 3.06. The molecule has 0 saturated heterocycles. The van der Waals surface area contributed by atoms with E-state index in [9.17, 15) is 20.1 Å². The van der Waals surface area contributed by atoms with Crippen LogP contribution in [0.15, 0.2) is 0 Å². The predicted octanol–water partition coefficient (Wildman–Crippen LogP) is 4.58. The van der Waals surface area contributed by atoms with E-state index in [1.807, 2.05) is 0 Å². The standard InChI is InChI=1S/C26H44O5/c1-16(6-4-5-7-23(28)29)19-11-12-20-18-10-8-17-9-13-22(27)26(30,31)25(17,3)21(18)14-15-24(19,20)2/h16-22,27,30-31H,4-15H2,1-3H3,(H,28,29)/t16-,17-,18+,19-,20+,21+,22?,24-,25+/m1/s1. The van der Waals surface area contributed by atoms with E-state index < -0.39 is 23.3 Å². The number of carbonyl (C=O) groups is 1. The van der Waals surface area contributed by atoms with E-state index in [1.54, 1.807) is 0 Å². The average molecular weight is 437 g/mol. The van der Waals surface area contributed by atoms with Crippen molar-refractivity contribution in [3.63, 3.8) is 0 Å². The molecule has 0 amide bonds. The second-order valence-electron chi connectivity index (χ2n) is 12.1. The van der Waals surface area contributed by atoms with Crippen LogP contribution in [0, 0.1) is 46.3 Å². The van der Waals surface area contributed by atoms with Crippen LogP contribution in [0.3, 0.4) is 0 Å². The number of unbranched alkanes of at least 4 members (excludes halogenated alkanes) is 1. The minimum Gasteiger partial charge on any atom is -0.481 e. The first-order valence-corrected chi connectivity index (χ1v) is 12.9. The molecular weight excluding hydrogens is 392 g/mol. The molecule has 0 aromatic rings. The third-order valence-electron chi connectivity index (χ3n) is 11.0. The molecule has 9 atom stereocenters. The molecule has 1 unspecified atom stereocenters. The zero-order valence-electron chi connectivity index (χ0n) is 19.7. The van der Waals surface area contributed by atoms with Gasteiger partial charge in [0.05, 0.1) is 0 Å². The van der Waals surface area contributed by atoms with Crippen LogP contribution >= 0.6 is 0 Å². The predicted molar refractivity (Wildman–Crippen MR) is 119 cm³/mol. The number of hydrogen-bond donors (Lipinski definition) is 4. The second-order valence-corrected chi connectivity index (χ2v) is 12.1. The fourth-order valence-electron chi connectivity index (χ4n) is 9.29. The van der Waals surface area contributed by atoms with Gasteiger partial charge in [-0.15, -0.1) is 0 Å². The Labute approximate surface area is 187 Å². The number of rotatable bonds is 6. The topological polar surface area (TPSA) is 98.0 Å². The fourth-order valence-corrected chi connectivity index (χ4v) is 9.29. The molecule has 0 aromatic heterocycles. The van der Waals surface area contributed by atoms with Crippen molar-refractivity contribution in [2.45, 2.75) is 110 Å². The van der Waals surface area contributed by atoms with Crippen molar-refractivity contribution in [1.29, 1.82) is 0 Å². The SMILES string of the molecule is C[C@H](CCCCC(=O)O)[C@H]1CC[C@H]2[C@@H]3CC[C@@H]4CCC(O)C(O)(O)[C@]4(C)[C@H]3CC[C@]12C. The molecule has 0 radical (unpaired) electrons. The summed E-state index contributed by atoms with van der Waals surface area (Å²) in [7, 11) is 0. The summed E-state index contributed by atoms with van der Waals surface area (Å²) < 4.78 is 0. The van der Waals surface area contributed by atoms with Crippen molar-refractivity contribution in [3.05, 3.63) is 0 Å². The third kappa shape index (κ3) is 3.58. The third-order valence-corrected chi connectivity index (χ3v) is 11.0. The largest absolute Gasteiger partial charge is 0.481 e. The molecule has 0 aliphatic heterocycles. The molecule has 0 spiro atoms. The molecule has 4 aliphatic carbocycles. The van der Waals surface area contributed by atoms with E-state index in [1.165, 1.54) is 19.3 Å². The molecule has 4 saturated carbocycles. The number of carboxylic acids is 1. The lowest BCUT2D eigenvalue weighted by Crippen LogP contribution is -2.68. The summed E-state index contributed by atoms with van der Waals surface area (Å²) in [5.41, 5.74) is -0.313. The summed E-state index contributed by atoms with van der Waals surface area (Å²) in [4.78, 5) is 10.8. The molecule has 0 aromatic carbocycles. The quantitative estimate of drug-likeness (QED) is 0.361. The Morgan fingerprint density at radius 1 is 0.968 bits per heavy atom. The Balaban J connectivity index is 1.49. The van der Waals surface area contributed by atoms with Crippen molar-refractivity contribution >= 4 is 5.97 Å². The number of aliphatic carboxylic acids is 1. The van der Waals surface area contributed by atoms with Crippen LogP contribution in [-0.4, -0.2) is 38.3 Å². The first kappa shape index (κ1) is 23.5. The summed E-state index contributed by atoms with van der Waals surface area (Å²) in [5, 5.41) is 41.6. The molecule has 178 valence electrons. The van der Waals surface area contributed by atoms with Gasteiger partial charge in [0.25, 0.3) is 0 Å². The van der Waals surface area contributed by atoms with E-state index in [0.717, 1.165) is 44.9 Å². The summed E-state index contributed by atoms with van der Waals surface area (Å²) in [6, 6.07) is 0. The molecule has 4 fully saturated rings. The Kier molecular flexibility index (Phi) is 6.28. The van der Waals surface area contributed by atoms with E-state index >= 15 is 0 Å². The van der Waals surface area contributed by atoms with Gasteiger partial charge in [0.15, 0.2) is 5.79 Å². The van der Waals surface area contributed by atoms with Crippen molar-refractivity contribution in [3.8, 4) is 0 Å². The molecule has 31 heavy (non-hydrogen) atoms. The Morgan fingerprint density at radius 3 is 2.39 bits per heavy atom. The molecule has 5 nitrogen and oxygen atoms in total. The number of fused-ring (bicyclic) bond motifs is 5. The number of aliphatic hydroxyl groups is 3. The van der Waals surface area contributed by atoms with Gasteiger partial charge in [0.1, 0.15) is 6.10 Å². The summed E-state index contributed by atoms with van der Waals surface area (Å²) in [5.74, 6) is 0.332. The Morgan fingerprint density at radius 2 is 1.68 bits per heavy atom. The smallest absolute Gasteiger partial charge is 0.303 e. The maximum Gasteiger partial charge on any atom is 0.303 e. The van der Waals surface area contributed by atoms with Crippen LogP contribution in [0.1, 0.15) is 97.8 Å². The molecule has 5 heteroatoms. The van der Waals surface area contributed by atoms with Gasteiger partial charge in [-0.3, -0.25) is 4.79 Å². The monoisotopic (exact) mass is 436 g/mol. The normalized spacial score (nSPS) is 47.2. The van der Waals surface area contributed by atoms with E-state index in [0.29, 0.717) is 41.4 Å². The minimum atomic E-state index is -1.98. The molecular formula is C26H44O5. The Bertz CT molecular complexity index is 677. The van der Waals surface area contributed by atoms with Gasteiger partial charge in [-0.05, 0) is 98.7 Å². The summed E-state index contributed by atoms with van der Waals surface area (Å²) in [6.45, 7) is 6.93. The molecule has 4 rings (SSSR count). The highest BCUT2D eigenvalue weighted by atomic mass is 16.5. The zero-order valence-corrected chi connectivity index (χ0v) is 19.7. The lowest BCUT2D eigenvalue weighted by Gasteiger charge is -2.64.